The van der Waals surface area contributed by atoms with Crippen molar-refractivity contribution in [3.05, 3.63) is 0 Å². The molecule has 0 saturated heterocycles. The van der Waals surface area contributed by atoms with Crippen LogP contribution in [0.5, 0.6) is 0 Å². The molecule has 0 aromatic rings. The van der Waals surface area contributed by atoms with Gasteiger partial charge in [0.05, 0.1) is 0 Å². The first-order valence-corrected chi connectivity index (χ1v) is 4.61. The minimum atomic E-state index is -3.37. The average molecular weight is 292 g/mol. The molecule has 1 N–H and O–H groups in total. The molecule has 0 aromatic heterocycles. The van der Waals surface area contributed by atoms with Gasteiger partial charge in [-0.3, -0.25) is 0 Å². The van der Waals surface area contributed by atoms with Crippen LogP contribution in [0.4, 0.5) is 2.86 Å². The summed E-state index contributed by atoms with van der Waals surface area (Å²) in [6.45, 7) is 0. The molecule has 0 rings (SSSR count). The van der Waals surface area contributed by atoms with Crippen molar-refractivity contribution in [2.75, 3.05) is 0 Å². The van der Waals surface area contributed by atoms with Gasteiger partial charge in [-0.05, 0) is 0 Å². The van der Waals surface area contributed by atoms with Gasteiger partial charge >= 0.3 is 57.0 Å². The Balaban J connectivity index is 2.99. The van der Waals surface area contributed by atoms with E-state index in [4.69, 9.17) is 15.2 Å². The molecule has 0 aromatic carbocycles. The predicted octanol–water partition coefficient (Wildman–Crippen LogP) is 1.97. The van der Waals surface area contributed by atoms with Gasteiger partial charge in [0.2, 0.25) is 0 Å². The fourth-order valence-electron chi connectivity index (χ4n) is 0. The molecule has 0 aliphatic heterocycles. The van der Waals surface area contributed by atoms with E-state index in [1.54, 1.807) is 0 Å². The first-order valence-electron chi connectivity index (χ1n) is 0.819. The third-order valence-electron chi connectivity index (χ3n) is 0.105. The van der Waals surface area contributed by atoms with E-state index in [2.05, 4.69) is 16.1 Å². The molecule has 2 nitrogen and oxygen atoms in total. The Labute approximate surface area is 56.8 Å². The molecular formula is HBrClFINO. The van der Waals surface area contributed by atoms with Gasteiger partial charge in [-0.1, -0.05) is 0 Å². The SMILES string of the molecule is OI(F)N(Cl)Br. The summed E-state index contributed by atoms with van der Waals surface area (Å²) in [6, 6.07) is 0. The molecular weight excluding hydrogens is 291 g/mol. The molecule has 0 aliphatic rings. The summed E-state index contributed by atoms with van der Waals surface area (Å²) in [7, 11) is 0. The van der Waals surface area contributed by atoms with Crippen LogP contribution in [0.15, 0.2) is 0 Å². The van der Waals surface area contributed by atoms with Crippen molar-refractivity contribution in [3.8, 4) is 0 Å². The number of halogens is 4. The van der Waals surface area contributed by atoms with E-state index < -0.39 is 21.1 Å². The van der Waals surface area contributed by atoms with Gasteiger partial charge in [0.1, 0.15) is 0 Å². The van der Waals surface area contributed by atoms with Gasteiger partial charge < -0.3 is 0 Å². The molecule has 0 aliphatic carbocycles. The van der Waals surface area contributed by atoms with Crippen LogP contribution in [0.3, 0.4) is 0 Å². The third kappa shape index (κ3) is 3.54. The number of rotatable bonds is 1. The Bertz CT molecular complexity index is 36.5. The predicted molar refractivity (Wildman–Crippen MR) is 34.0 cm³/mol. The molecule has 0 heterocycles. The summed E-state index contributed by atoms with van der Waals surface area (Å²) in [5.41, 5.74) is 0. The van der Waals surface area contributed by atoms with E-state index in [1.807, 2.05) is 0 Å². The molecule has 6 heteroatoms. The van der Waals surface area contributed by atoms with Crippen molar-refractivity contribution >= 4 is 49.0 Å². The molecule has 0 saturated carbocycles. The third-order valence-corrected chi connectivity index (χ3v) is 2.90. The average Bonchev–Trinajstić information content (AvgIpc) is 1.36. The number of hydrogen-bond donors (Lipinski definition) is 1. The van der Waals surface area contributed by atoms with Gasteiger partial charge in [0.25, 0.3) is 0 Å². The second-order valence-electron chi connectivity index (χ2n) is 0.395. The Hall–Kier alpha value is 1.35. The summed E-state index contributed by atoms with van der Waals surface area (Å²) in [5, 5.41) is 0. The maximum absolute atomic E-state index is 11.3. The summed E-state index contributed by atoms with van der Waals surface area (Å²) in [6.07, 6.45) is 0. The van der Waals surface area contributed by atoms with E-state index in [0.29, 0.717) is 1.66 Å². The van der Waals surface area contributed by atoms with Gasteiger partial charge in [0.15, 0.2) is 0 Å². The van der Waals surface area contributed by atoms with Gasteiger partial charge in [-0.2, -0.15) is 0 Å². The summed E-state index contributed by atoms with van der Waals surface area (Å²) < 4.78 is 19.6. The summed E-state index contributed by atoms with van der Waals surface area (Å²) in [4.78, 5) is 0. The molecule has 0 unspecified atom stereocenters. The van der Waals surface area contributed by atoms with Crippen molar-refractivity contribution in [1.82, 2.24) is 1.66 Å². The zero-order valence-corrected chi connectivity index (χ0v) is 6.91. The Morgan fingerprint density at radius 3 is 2.17 bits per heavy atom. The van der Waals surface area contributed by atoms with E-state index in [0.717, 1.165) is 0 Å². The van der Waals surface area contributed by atoms with Crippen molar-refractivity contribution in [3.63, 3.8) is 0 Å². The van der Waals surface area contributed by atoms with Crippen LogP contribution in [0.1, 0.15) is 0 Å². The van der Waals surface area contributed by atoms with Crippen molar-refractivity contribution < 1.29 is 6.30 Å². The molecule has 0 atom stereocenters. The quantitative estimate of drug-likeness (QED) is 0.590. The second kappa shape index (κ2) is 3.36. The van der Waals surface area contributed by atoms with Gasteiger partial charge in [0, 0.05) is 0 Å². The van der Waals surface area contributed by atoms with Crippen LogP contribution >= 0.6 is 49.0 Å². The van der Waals surface area contributed by atoms with E-state index in [-0.39, 0.29) is 0 Å². The molecule has 0 bridgehead atoms. The Kier molecular flexibility index (Phi) is 4.12. The van der Waals surface area contributed by atoms with Crippen molar-refractivity contribution in [2.24, 2.45) is 0 Å². The van der Waals surface area contributed by atoms with Crippen molar-refractivity contribution in [1.29, 1.82) is 0 Å². The van der Waals surface area contributed by atoms with E-state index in [9.17, 15) is 2.86 Å². The van der Waals surface area contributed by atoms with E-state index >= 15 is 0 Å². The minimum absolute atomic E-state index is 0.497. The Morgan fingerprint density at radius 1 is 2.00 bits per heavy atom. The van der Waals surface area contributed by atoms with Crippen LogP contribution in [0.2, 0.25) is 0 Å². The first kappa shape index (κ1) is 7.35. The molecule has 0 amide bonds. The zero-order valence-electron chi connectivity index (χ0n) is 2.41. The van der Waals surface area contributed by atoms with Crippen LogP contribution < -0.4 is 0 Å². The fraction of sp³-hybridized carbons (Fsp3) is 0. The molecule has 6 heavy (non-hydrogen) atoms. The maximum atomic E-state index is 11.3. The molecule has 0 radical (unpaired) electrons. The molecule has 0 spiro atoms. The first-order chi connectivity index (χ1) is 2.64. The number of hydrogen-bond acceptors (Lipinski definition) is 2. The Morgan fingerprint density at radius 2 is 2.17 bits per heavy atom. The van der Waals surface area contributed by atoms with Crippen LogP contribution in [-0.2, 0) is 0 Å². The normalized spacial score (nSPS) is 12.5. The van der Waals surface area contributed by atoms with Crippen LogP contribution in [0.25, 0.3) is 0 Å². The van der Waals surface area contributed by atoms with Crippen molar-refractivity contribution in [2.45, 2.75) is 0 Å². The summed E-state index contributed by atoms with van der Waals surface area (Å²) in [5.74, 6) is 0. The van der Waals surface area contributed by atoms with E-state index in [1.165, 1.54) is 0 Å². The summed E-state index contributed by atoms with van der Waals surface area (Å²) >= 11 is 3.92. The van der Waals surface area contributed by atoms with Gasteiger partial charge in [-0.25, -0.2) is 0 Å². The second-order valence-corrected chi connectivity index (χ2v) is 5.87. The standard InChI is InChI=1S/BrClFHINO/c1-5(2)4(3)6/h6H. The van der Waals surface area contributed by atoms with Crippen LogP contribution in [0, 0.1) is 0 Å². The van der Waals surface area contributed by atoms with Crippen LogP contribution in [-0.4, -0.2) is 5.09 Å². The molecule has 0 fully saturated rings. The zero-order chi connectivity index (χ0) is 5.15. The number of nitrogens with zero attached hydrogens (tertiary/aromatic N) is 1. The molecule has 40 valence electrons. The topological polar surface area (TPSA) is 23.5 Å². The fourth-order valence-corrected chi connectivity index (χ4v) is 0. The van der Waals surface area contributed by atoms with Gasteiger partial charge in [-0.15, -0.1) is 0 Å². The monoisotopic (exact) mass is 291 g/mol.